The van der Waals surface area contributed by atoms with Crippen molar-refractivity contribution >= 4 is 12.0 Å². The van der Waals surface area contributed by atoms with Crippen molar-refractivity contribution in [2.24, 2.45) is 5.84 Å². The van der Waals surface area contributed by atoms with Gasteiger partial charge in [0.05, 0.1) is 6.61 Å². The Balaban J connectivity index is 2.43. The van der Waals surface area contributed by atoms with E-state index in [-0.39, 0.29) is 0 Å². The van der Waals surface area contributed by atoms with Gasteiger partial charge in [0.15, 0.2) is 0 Å². The van der Waals surface area contributed by atoms with E-state index in [0.717, 1.165) is 5.56 Å². The highest BCUT2D eigenvalue weighted by Gasteiger charge is 2.39. The van der Waals surface area contributed by atoms with Crippen molar-refractivity contribution in [3.63, 3.8) is 0 Å². The molecule has 4 nitrogen and oxygen atoms in total. The summed E-state index contributed by atoms with van der Waals surface area (Å²) in [5, 5.41) is 0. The molecule has 0 aliphatic heterocycles. The van der Waals surface area contributed by atoms with Gasteiger partial charge in [0.1, 0.15) is 0 Å². The Morgan fingerprint density at radius 2 is 2.06 bits per heavy atom. The summed E-state index contributed by atoms with van der Waals surface area (Å²) in [5.74, 6) is 2.90. The molecule has 0 aromatic heterocycles. The van der Waals surface area contributed by atoms with E-state index < -0.39 is 18.6 Å². The molecule has 6 heteroatoms. The number of rotatable bonds is 5. The molecule has 1 aromatic carbocycles. The summed E-state index contributed by atoms with van der Waals surface area (Å²) in [5.41, 5.74) is 2.18. The minimum atomic E-state index is -3.92. The van der Waals surface area contributed by atoms with Crippen molar-refractivity contribution in [2.75, 3.05) is 6.61 Å². The third-order valence-corrected chi connectivity index (χ3v) is 1.87. The normalized spacial score (nSPS) is 11.7. The van der Waals surface area contributed by atoms with E-state index in [1.165, 1.54) is 11.5 Å². The molecule has 0 heterocycles. The van der Waals surface area contributed by atoms with Crippen molar-refractivity contribution < 1.29 is 18.3 Å². The lowest BCUT2D eigenvalue weighted by atomic mass is 10.2. The van der Waals surface area contributed by atoms with Gasteiger partial charge in [0, 0.05) is 0 Å². The lowest BCUT2D eigenvalue weighted by molar-refractivity contribution is -0.226. The summed E-state index contributed by atoms with van der Waals surface area (Å²) in [7, 11) is 0. The highest BCUT2D eigenvalue weighted by molar-refractivity contribution is 5.81. The molecule has 0 saturated heterocycles. The van der Waals surface area contributed by atoms with Crippen LogP contribution < -0.4 is 11.3 Å². The second-order valence-electron chi connectivity index (χ2n) is 3.11. The van der Waals surface area contributed by atoms with Crippen LogP contribution in [0.15, 0.2) is 36.4 Å². The van der Waals surface area contributed by atoms with E-state index in [4.69, 9.17) is 0 Å². The van der Waals surface area contributed by atoms with Crippen LogP contribution in [0.3, 0.4) is 0 Å². The predicted octanol–water partition coefficient (Wildman–Crippen LogP) is 1.30. The highest BCUT2D eigenvalue weighted by atomic mass is 19.3. The fourth-order valence-corrected chi connectivity index (χ4v) is 1.05. The van der Waals surface area contributed by atoms with Crippen LogP contribution in [0.4, 0.5) is 8.78 Å². The van der Waals surface area contributed by atoms with Gasteiger partial charge in [0.2, 0.25) is 0 Å². The first-order valence-corrected chi connectivity index (χ1v) is 4.80. The molecule has 1 amide bonds. The second-order valence-corrected chi connectivity index (χ2v) is 3.11. The minimum Gasteiger partial charge on any atom is -0.308 e. The fraction of sp³-hybridized carbons (Fsp3) is 0.182. The summed E-state index contributed by atoms with van der Waals surface area (Å²) < 4.78 is 29.7. The third kappa shape index (κ3) is 4.29. The first kappa shape index (κ1) is 13.3. The first-order valence-electron chi connectivity index (χ1n) is 4.80. The zero-order valence-corrected chi connectivity index (χ0v) is 8.90. The average Bonchev–Trinajstić information content (AvgIpc) is 2.35. The molecular formula is C11H12F2N2O2. The maximum atomic E-state index is 12.8. The zero-order valence-electron chi connectivity index (χ0n) is 8.90. The molecule has 17 heavy (non-hydrogen) atoms. The molecule has 0 atom stereocenters. The van der Waals surface area contributed by atoms with Gasteiger partial charge in [-0.15, -0.1) is 0 Å². The fourth-order valence-electron chi connectivity index (χ4n) is 1.05. The quantitative estimate of drug-likeness (QED) is 0.464. The Bertz CT molecular complexity index is 394. The van der Waals surface area contributed by atoms with E-state index in [2.05, 4.69) is 10.6 Å². The van der Waals surface area contributed by atoms with Crippen LogP contribution >= 0.6 is 0 Å². The Kier molecular flexibility index (Phi) is 4.74. The van der Waals surface area contributed by atoms with Gasteiger partial charge in [-0.25, -0.2) is 5.84 Å². The number of halogens is 2. The van der Waals surface area contributed by atoms with Gasteiger partial charge in [-0.2, -0.15) is 8.78 Å². The van der Waals surface area contributed by atoms with Crippen molar-refractivity contribution in [2.45, 2.75) is 6.11 Å². The number of nitrogens with two attached hydrogens (primary N) is 1. The Morgan fingerprint density at radius 3 is 2.65 bits per heavy atom. The maximum Gasteiger partial charge on any atom is 0.438 e. The Hall–Kier alpha value is -1.79. The van der Waals surface area contributed by atoms with E-state index in [0.29, 0.717) is 0 Å². The zero-order chi connectivity index (χ0) is 12.7. The van der Waals surface area contributed by atoms with E-state index >= 15 is 0 Å². The number of hydrogen-bond acceptors (Lipinski definition) is 3. The third-order valence-electron chi connectivity index (χ3n) is 1.87. The summed E-state index contributed by atoms with van der Waals surface area (Å²) in [6, 6.07) is 9.09. The number of hydrazine groups is 1. The topological polar surface area (TPSA) is 64.3 Å². The van der Waals surface area contributed by atoms with Gasteiger partial charge in [-0.05, 0) is 5.56 Å². The van der Waals surface area contributed by atoms with Gasteiger partial charge in [0.25, 0.3) is 0 Å². The number of amides is 1. The van der Waals surface area contributed by atoms with E-state index in [1.54, 1.807) is 18.2 Å². The molecule has 1 aromatic rings. The van der Waals surface area contributed by atoms with Gasteiger partial charge in [-0.3, -0.25) is 10.2 Å². The van der Waals surface area contributed by atoms with Crippen LogP contribution in [0.5, 0.6) is 0 Å². The molecule has 0 fully saturated rings. The van der Waals surface area contributed by atoms with E-state index in [9.17, 15) is 13.6 Å². The van der Waals surface area contributed by atoms with Crippen molar-refractivity contribution in [3.05, 3.63) is 42.0 Å². The summed E-state index contributed by atoms with van der Waals surface area (Å²) in [4.78, 5) is 10.6. The molecular weight excluding hydrogens is 230 g/mol. The van der Waals surface area contributed by atoms with Crippen LogP contribution in [0.1, 0.15) is 5.56 Å². The van der Waals surface area contributed by atoms with Crippen LogP contribution in [0, 0.1) is 0 Å². The molecule has 1 rings (SSSR count). The predicted molar refractivity (Wildman–Crippen MR) is 58.7 cm³/mol. The SMILES string of the molecule is NNC(=O)C(F)(F)OC/C=C/c1ccccc1. The smallest absolute Gasteiger partial charge is 0.308 e. The van der Waals surface area contributed by atoms with Gasteiger partial charge < -0.3 is 4.74 Å². The maximum absolute atomic E-state index is 12.8. The molecule has 0 radical (unpaired) electrons. The van der Waals surface area contributed by atoms with Crippen molar-refractivity contribution in [3.8, 4) is 0 Å². The Labute approximate surface area is 97.0 Å². The number of alkyl halides is 2. The van der Waals surface area contributed by atoms with Crippen LogP contribution in [-0.2, 0) is 9.53 Å². The molecule has 0 bridgehead atoms. The number of ether oxygens (including phenoxy) is 1. The van der Waals surface area contributed by atoms with Crippen LogP contribution in [0.25, 0.3) is 6.08 Å². The second kappa shape index (κ2) is 6.07. The minimum absolute atomic E-state index is 0.394. The van der Waals surface area contributed by atoms with Gasteiger partial charge in [-0.1, -0.05) is 42.5 Å². The number of benzene rings is 1. The standard InChI is InChI=1S/C11H12F2N2O2/c12-11(13,10(16)15-14)17-8-4-7-9-5-2-1-3-6-9/h1-7H,8,14H2,(H,15,16)/b7-4+. The molecule has 0 spiro atoms. The molecule has 0 aliphatic rings. The number of nitrogens with one attached hydrogen (secondary N) is 1. The van der Waals surface area contributed by atoms with Crippen molar-refractivity contribution in [1.29, 1.82) is 0 Å². The van der Waals surface area contributed by atoms with Gasteiger partial charge >= 0.3 is 12.0 Å². The summed E-state index contributed by atoms with van der Waals surface area (Å²) >= 11 is 0. The average molecular weight is 242 g/mol. The number of hydrogen-bond donors (Lipinski definition) is 2. The largest absolute Gasteiger partial charge is 0.438 e. The first-order chi connectivity index (χ1) is 8.06. The van der Waals surface area contributed by atoms with Crippen LogP contribution in [-0.4, -0.2) is 18.6 Å². The lowest BCUT2D eigenvalue weighted by Crippen LogP contribution is -2.45. The molecule has 3 N–H and O–H groups in total. The summed E-state index contributed by atoms with van der Waals surface area (Å²) in [6.07, 6.45) is -0.931. The number of carbonyl (C=O) groups is 1. The monoisotopic (exact) mass is 242 g/mol. The highest BCUT2D eigenvalue weighted by Crippen LogP contribution is 2.14. The molecule has 92 valence electrons. The molecule has 0 saturated carbocycles. The van der Waals surface area contributed by atoms with Crippen molar-refractivity contribution in [1.82, 2.24) is 5.43 Å². The van der Waals surface area contributed by atoms with E-state index in [1.807, 2.05) is 18.2 Å². The Morgan fingerprint density at radius 1 is 1.41 bits per heavy atom. The van der Waals surface area contributed by atoms with Crippen LogP contribution in [0.2, 0.25) is 0 Å². The summed E-state index contributed by atoms with van der Waals surface area (Å²) in [6.45, 7) is -0.394. The lowest BCUT2D eigenvalue weighted by Gasteiger charge is -2.12. The molecule has 0 unspecified atom stereocenters. The molecule has 0 aliphatic carbocycles. The number of carbonyl (C=O) groups excluding carboxylic acids is 1.